The Morgan fingerprint density at radius 3 is 1.74 bits per heavy atom. The number of thioether (sulfide) groups is 1. The number of nitrogens with one attached hydrogen (secondary N) is 2. The van der Waals surface area contributed by atoms with Gasteiger partial charge in [0.05, 0.1) is 22.9 Å². The van der Waals surface area contributed by atoms with Gasteiger partial charge in [0.1, 0.15) is 0 Å². The van der Waals surface area contributed by atoms with Crippen LogP contribution in [0.25, 0.3) is 0 Å². The van der Waals surface area contributed by atoms with E-state index < -0.39 is 10.5 Å². The number of carbonyl (C=O) groups is 2. The lowest BCUT2D eigenvalue weighted by molar-refractivity contribution is -0.120. The van der Waals surface area contributed by atoms with E-state index in [0.717, 1.165) is 11.1 Å². The molecule has 0 radical (unpaired) electrons. The number of pyridine rings is 2. The summed E-state index contributed by atoms with van der Waals surface area (Å²) < 4.78 is 0. The SMILES string of the molecule is C[C@H](S[C@@H](C)C(=O)N/N=C\c1cccnc1)C(=O)N/N=C\c1cccnc1. The Hall–Kier alpha value is -3.07. The first-order valence-electron chi connectivity index (χ1n) is 8.17. The summed E-state index contributed by atoms with van der Waals surface area (Å²) in [5.74, 6) is -0.586. The number of carbonyl (C=O) groups excluding carboxylic acids is 2. The molecule has 0 aliphatic carbocycles. The van der Waals surface area contributed by atoms with Crippen LogP contribution < -0.4 is 10.9 Å². The smallest absolute Gasteiger partial charge is 0.252 e. The van der Waals surface area contributed by atoms with Gasteiger partial charge in [-0.15, -0.1) is 11.8 Å². The monoisotopic (exact) mass is 384 g/mol. The van der Waals surface area contributed by atoms with Crippen LogP contribution in [0.1, 0.15) is 25.0 Å². The molecule has 140 valence electrons. The first kappa shape index (κ1) is 20.2. The normalized spacial score (nSPS) is 13.4. The molecule has 0 bridgehead atoms. The van der Waals surface area contributed by atoms with E-state index in [-0.39, 0.29) is 11.8 Å². The van der Waals surface area contributed by atoms with Gasteiger partial charge in [0.2, 0.25) is 0 Å². The van der Waals surface area contributed by atoms with Crippen molar-refractivity contribution in [1.82, 2.24) is 20.8 Å². The average molecular weight is 384 g/mol. The topological polar surface area (TPSA) is 109 Å². The molecule has 0 spiro atoms. The molecule has 0 aromatic carbocycles. The van der Waals surface area contributed by atoms with Crippen molar-refractivity contribution in [2.75, 3.05) is 0 Å². The highest BCUT2D eigenvalue weighted by Crippen LogP contribution is 2.17. The van der Waals surface area contributed by atoms with Gasteiger partial charge in [-0.3, -0.25) is 19.6 Å². The fourth-order valence-corrected chi connectivity index (χ4v) is 2.82. The average Bonchev–Trinajstić information content (AvgIpc) is 2.69. The second kappa shape index (κ2) is 10.8. The number of hydrogen-bond acceptors (Lipinski definition) is 7. The molecule has 0 saturated carbocycles. The van der Waals surface area contributed by atoms with Crippen LogP contribution in [0, 0.1) is 0 Å². The van der Waals surface area contributed by atoms with Crippen molar-refractivity contribution in [2.24, 2.45) is 10.2 Å². The van der Waals surface area contributed by atoms with Crippen molar-refractivity contribution in [3.05, 3.63) is 60.2 Å². The highest BCUT2D eigenvalue weighted by Gasteiger charge is 2.21. The molecule has 0 aliphatic rings. The third-order valence-corrected chi connectivity index (χ3v) is 4.54. The number of hydrazone groups is 2. The third-order valence-electron chi connectivity index (χ3n) is 3.29. The van der Waals surface area contributed by atoms with Crippen LogP contribution in [0.5, 0.6) is 0 Å². The summed E-state index contributed by atoms with van der Waals surface area (Å²) >= 11 is 1.21. The zero-order chi connectivity index (χ0) is 19.5. The molecule has 2 N–H and O–H groups in total. The zero-order valence-corrected chi connectivity index (χ0v) is 15.8. The molecule has 27 heavy (non-hydrogen) atoms. The van der Waals surface area contributed by atoms with Crippen LogP contribution in [0.3, 0.4) is 0 Å². The molecule has 2 heterocycles. The van der Waals surface area contributed by atoms with Crippen molar-refractivity contribution in [2.45, 2.75) is 24.3 Å². The molecule has 2 amide bonds. The Morgan fingerprint density at radius 2 is 1.37 bits per heavy atom. The standard InChI is InChI=1S/C18H20N6O2S/c1-13(17(25)23-21-11-15-5-3-7-19-9-15)27-14(2)18(26)24-22-12-16-6-4-8-20-10-16/h3-14H,1-2H3,(H,23,25)(H,24,26)/b21-11-,22-12-/t13-,14-/m0/s1. The second-order valence-corrected chi connectivity index (χ2v) is 7.15. The van der Waals surface area contributed by atoms with Crippen LogP contribution in [0.4, 0.5) is 0 Å². The van der Waals surface area contributed by atoms with Gasteiger partial charge in [-0.25, -0.2) is 10.9 Å². The second-order valence-electron chi connectivity index (χ2n) is 5.46. The molecular formula is C18H20N6O2S. The Bertz CT molecular complexity index is 731. The van der Waals surface area contributed by atoms with Crippen LogP contribution in [-0.4, -0.2) is 44.7 Å². The summed E-state index contributed by atoms with van der Waals surface area (Å²) in [5, 5.41) is 6.86. The summed E-state index contributed by atoms with van der Waals surface area (Å²) in [6.07, 6.45) is 9.58. The first-order valence-corrected chi connectivity index (χ1v) is 9.12. The lowest BCUT2D eigenvalue weighted by Crippen LogP contribution is -2.33. The highest BCUT2D eigenvalue weighted by molar-refractivity contribution is 8.01. The van der Waals surface area contributed by atoms with Crippen LogP contribution in [-0.2, 0) is 9.59 Å². The first-order chi connectivity index (χ1) is 13.1. The quantitative estimate of drug-likeness (QED) is 0.531. The van der Waals surface area contributed by atoms with Gasteiger partial charge >= 0.3 is 0 Å². The molecule has 0 unspecified atom stereocenters. The van der Waals surface area contributed by atoms with Crippen LogP contribution in [0.2, 0.25) is 0 Å². The predicted octanol–water partition coefficient (Wildman–Crippen LogP) is 1.59. The van der Waals surface area contributed by atoms with Gasteiger partial charge in [0.25, 0.3) is 11.8 Å². The molecule has 2 aromatic rings. The molecule has 2 rings (SSSR count). The maximum atomic E-state index is 12.1. The van der Waals surface area contributed by atoms with E-state index in [0.29, 0.717) is 0 Å². The largest absolute Gasteiger partial charge is 0.272 e. The van der Waals surface area contributed by atoms with E-state index in [9.17, 15) is 9.59 Å². The summed E-state index contributed by atoms with van der Waals surface area (Å²) in [6.45, 7) is 3.42. The lowest BCUT2D eigenvalue weighted by atomic mass is 10.3. The molecule has 0 aliphatic heterocycles. The Morgan fingerprint density at radius 1 is 0.926 bits per heavy atom. The van der Waals surface area contributed by atoms with Crippen molar-refractivity contribution in [3.63, 3.8) is 0 Å². The molecule has 2 aromatic heterocycles. The highest BCUT2D eigenvalue weighted by atomic mass is 32.2. The lowest BCUT2D eigenvalue weighted by Gasteiger charge is -2.14. The maximum absolute atomic E-state index is 12.1. The van der Waals surface area contributed by atoms with Gasteiger partial charge < -0.3 is 0 Å². The van der Waals surface area contributed by atoms with Gasteiger partial charge in [-0.1, -0.05) is 12.1 Å². The number of amides is 2. The number of rotatable bonds is 8. The molecule has 2 atom stereocenters. The van der Waals surface area contributed by atoms with Crippen molar-refractivity contribution < 1.29 is 9.59 Å². The number of hydrogen-bond donors (Lipinski definition) is 2. The Labute approximate surface area is 161 Å². The Balaban J connectivity index is 1.75. The zero-order valence-electron chi connectivity index (χ0n) is 14.9. The maximum Gasteiger partial charge on any atom is 0.252 e. The number of nitrogens with zero attached hydrogens (tertiary/aromatic N) is 4. The van der Waals surface area contributed by atoms with E-state index >= 15 is 0 Å². The van der Waals surface area contributed by atoms with E-state index in [1.807, 2.05) is 12.1 Å². The van der Waals surface area contributed by atoms with E-state index in [4.69, 9.17) is 0 Å². The summed E-state index contributed by atoms with van der Waals surface area (Å²) in [6, 6.07) is 7.19. The van der Waals surface area contributed by atoms with Crippen LogP contribution in [0.15, 0.2) is 59.3 Å². The Kier molecular flexibility index (Phi) is 8.11. The van der Waals surface area contributed by atoms with E-state index in [2.05, 4.69) is 31.0 Å². The van der Waals surface area contributed by atoms with Gasteiger partial charge in [-0.05, 0) is 26.0 Å². The third kappa shape index (κ3) is 7.37. The summed E-state index contributed by atoms with van der Waals surface area (Å²) in [5.41, 5.74) is 6.46. The van der Waals surface area contributed by atoms with E-state index in [1.165, 1.54) is 24.2 Å². The molecule has 9 heteroatoms. The fourth-order valence-electron chi connectivity index (χ4n) is 1.86. The molecule has 8 nitrogen and oxygen atoms in total. The summed E-state index contributed by atoms with van der Waals surface area (Å²) in [7, 11) is 0. The van der Waals surface area contributed by atoms with Crippen LogP contribution >= 0.6 is 11.8 Å². The van der Waals surface area contributed by atoms with Crippen molar-refractivity contribution in [3.8, 4) is 0 Å². The minimum Gasteiger partial charge on any atom is -0.272 e. The minimum atomic E-state index is -0.459. The van der Waals surface area contributed by atoms with Gasteiger partial charge in [0.15, 0.2) is 0 Å². The number of aromatic nitrogens is 2. The predicted molar refractivity (Wildman–Crippen MR) is 106 cm³/mol. The molecule has 0 fully saturated rings. The van der Waals surface area contributed by atoms with Crippen molar-refractivity contribution in [1.29, 1.82) is 0 Å². The summed E-state index contributed by atoms with van der Waals surface area (Å²) in [4.78, 5) is 32.0. The molecule has 0 saturated heterocycles. The van der Waals surface area contributed by atoms with E-state index in [1.54, 1.807) is 50.8 Å². The van der Waals surface area contributed by atoms with Gasteiger partial charge in [-0.2, -0.15) is 10.2 Å². The minimum absolute atomic E-state index is 0.293. The molecular weight excluding hydrogens is 364 g/mol. The van der Waals surface area contributed by atoms with Crippen molar-refractivity contribution >= 4 is 36.0 Å². The van der Waals surface area contributed by atoms with Gasteiger partial charge in [0, 0.05) is 35.9 Å². The fraction of sp³-hybridized carbons (Fsp3) is 0.222.